The summed E-state index contributed by atoms with van der Waals surface area (Å²) < 4.78 is 0. The molecular weight excluding hydrogens is 260 g/mol. The fraction of sp³-hybridized carbons (Fsp3) is 0.500. The molecule has 1 aromatic rings. The second-order valence-corrected chi connectivity index (χ2v) is 6.36. The molecule has 0 spiro atoms. The van der Waals surface area contributed by atoms with Crippen molar-refractivity contribution in [1.82, 2.24) is 0 Å². The van der Waals surface area contributed by atoms with Crippen molar-refractivity contribution in [3.05, 3.63) is 16.1 Å². The van der Waals surface area contributed by atoms with E-state index < -0.39 is 0 Å². The monoisotopic (exact) mass is 276 g/mol. The Bertz CT molecular complexity index is 358. The average Bonchev–Trinajstić information content (AvgIpc) is 2.28. The maximum absolute atomic E-state index is 9.99. The van der Waals surface area contributed by atoms with Crippen LogP contribution in [0.25, 0.3) is 0 Å². The third kappa shape index (κ3) is 2.63. The van der Waals surface area contributed by atoms with Gasteiger partial charge in [0.2, 0.25) is 0 Å². The van der Waals surface area contributed by atoms with Crippen molar-refractivity contribution in [3.63, 3.8) is 0 Å². The lowest BCUT2D eigenvalue weighted by Gasteiger charge is -2.16. The molecule has 0 radical (unpaired) electrons. The first-order valence-corrected chi connectivity index (χ1v) is 7.66. The number of hydrogen-bond acceptors (Lipinski definition) is 3. The molecule has 0 bridgehead atoms. The number of aromatic hydroxyl groups is 1. The van der Waals surface area contributed by atoms with Crippen LogP contribution in [0.3, 0.4) is 0 Å². The molecule has 0 saturated heterocycles. The number of halogens is 1. The molecule has 0 fully saturated rings. The molecule has 0 amide bonds. The third-order valence-corrected chi connectivity index (χ3v) is 5.12. The number of phenolic OH excluding ortho intramolecular Hbond substituents is 1. The summed E-state index contributed by atoms with van der Waals surface area (Å²) >= 11 is 9.62. The molecule has 0 aliphatic rings. The van der Waals surface area contributed by atoms with Gasteiger partial charge in [0.05, 0.1) is 5.02 Å². The van der Waals surface area contributed by atoms with E-state index in [9.17, 15) is 5.11 Å². The van der Waals surface area contributed by atoms with Gasteiger partial charge >= 0.3 is 0 Å². The molecule has 1 aromatic carbocycles. The Kier molecular flexibility index (Phi) is 5.35. The normalized spacial score (nSPS) is 10.8. The Hall–Kier alpha value is 0.01000. The standard InChI is InChI=1S/C12H17ClOS2/c1-5-15-11-7(3)10(14)9(13)12(8(11)4)16-6-2/h14H,5-6H2,1-4H3. The van der Waals surface area contributed by atoms with Gasteiger partial charge in [-0.05, 0) is 30.9 Å². The first-order valence-electron chi connectivity index (χ1n) is 5.31. The Morgan fingerprint density at radius 1 is 1.00 bits per heavy atom. The van der Waals surface area contributed by atoms with E-state index in [2.05, 4.69) is 20.8 Å². The largest absolute Gasteiger partial charge is 0.506 e. The maximum atomic E-state index is 9.99. The van der Waals surface area contributed by atoms with Crippen molar-refractivity contribution in [1.29, 1.82) is 0 Å². The van der Waals surface area contributed by atoms with Gasteiger partial charge in [0, 0.05) is 15.4 Å². The Morgan fingerprint density at radius 2 is 1.50 bits per heavy atom. The third-order valence-electron chi connectivity index (χ3n) is 2.36. The van der Waals surface area contributed by atoms with Crippen LogP contribution < -0.4 is 0 Å². The lowest BCUT2D eigenvalue weighted by atomic mass is 10.1. The van der Waals surface area contributed by atoms with Gasteiger partial charge in [-0.25, -0.2) is 0 Å². The molecule has 1 rings (SSSR count). The van der Waals surface area contributed by atoms with Crippen LogP contribution >= 0.6 is 35.1 Å². The van der Waals surface area contributed by atoms with Gasteiger partial charge in [0.1, 0.15) is 5.75 Å². The molecule has 0 saturated carbocycles. The van der Waals surface area contributed by atoms with Crippen LogP contribution in [0.4, 0.5) is 0 Å². The van der Waals surface area contributed by atoms with Crippen LogP contribution in [-0.4, -0.2) is 16.6 Å². The highest BCUT2D eigenvalue weighted by Crippen LogP contribution is 2.44. The van der Waals surface area contributed by atoms with E-state index in [4.69, 9.17) is 11.6 Å². The van der Waals surface area contributed by atoms with Gasteiger partial charge < -0.3 is 5.11 Å². The SMILES string of the molecule is CCSc1c(C)c(O)c(Cl)c(SCC)c1C. The predicted octanol–water partition coefficient (Wildman–Crippen LogP) is 4.89. The summed E-state index contributed by atoms with van der Waals surface area (Å²) in [6.07, 6.45) is 0. The lowest BCUT2D eigenvalue weighted by Crippen LogP contribution is -1.93. The van der Waals surface area contributed by atoms with Crippen LogP contribution in [-0.2, 0) is 0 Å². The number of hydrogen-bond donors (Lipinski definition) is 1. The van der Waals surface area contributed by atoms with E-state index in [0.29, 0.717) is 5.02 Å². The van der Waals surface area contributed by atoms with Gasteiger partial charge in [-0.1, -0.05) is 25.4 Å². The van der Waals surface area contributed by atoms with Crippen molar-refractivity contribution < 1.29 is 5.11 Å². The molecule has 0 unspecified atom stereocenters. The molecule has 4 heteroatoms. The van der Waals surface area contributed by atoms with E-state index >= 15 is 0 Å². The molecule has 0 aromatic heterocycles. The van der Waals surface area contributed by atoms with E-state index in [1.165, 1.54) is 10.5 Å². The van der Waals surface area contributed by atoms with Crippen LogP contribution in [0.5, 0.6) is 5.75 Å². The first kappa shape index (κ1) is 14.1. The molecule has 90 valence electrons. The molecule has 0 heterocycles. The van der Waals surface area contributed by atoms with E-state index in [1.807, 2.05) is 6.92 Å². The van der Waals surface area contributed by atoms with Crippen LogP contribution in [0.2, 0.25) is 5.02 Å². The molecule has 16 heavy (non-hydrogen) atoms. The summed E-state index contributed by atoms with van der Waals surface area (Å²) in [5.74, 6) is 2.19. The predicted molar refractivity (Wildman–Crippen MR) is 75.4 cm³/mol. The van der Waals surface area contributed by atoms with Crippen molar-refractivity contribution in [2.24, 2.45) is 0 Å². The topological polar surface area (TPSA) is 20.2 Å². The van der Waals surface area contributed by atoms with Crippen LogP contribution in [0, 0.1) is 13.8 Å². The summed E-state index contributed by atoms with van der Waals surface area (Å²) in [5, 5.41) is 10.5. The highest BCUT2D eigenvalue weighted by atomic mass is 35.5. The molecular formula is C12H17ClOS2. The smallest absolute Gasteiger partial charge is 0.139 e. The zero-order chi connectivity index (χ0) is 12.3. The van der Waals surface area contributed by atoms with Crippen LogP contribution in [0.1, 0.15) is 25.0 Å². The maximum Gasteiger partial charge on any atom is 0.139 e. The molecule has 1 N–H and O–H groups in total. The van der Waals surface area contributed by atoms with Crippen molar-refractivity contribution in [2.75, 3.05) is 11.5 Å². The van der Waals surface area contributed by atoms with Crippen molar-refractivity contribution >= 4 is 35.1 Å². The fourth-order valence-electron chi connectivity index (χ4n) is 1.61. The molecule has 0 atom stereocenters. The fourth-order valence-corrected chi connectivity index (χ4v) is 3.87. The highest BCUT2D eigenvalue weighted by molar-refractivity contribution is 8.00. The van der Waals surface area contributed by atoms with Gasteiger partial charge in [0.15, 0.2) is 0 Å². The summed E-state index contributed by atoms with van der Waals surface area (Å²) in [5.41, 5.74) is 2.09. The van der Waals surface area contributed by atoms with Crippen molar-refractivity contribution in [2.45, 2.75) is 37.5 Å². The minimum atomic E-state index is 0.235. The molecule has 0 aliphatic heterocycles. The second kappa shape index (κ2) is 6.08. The Morgan fingerprint density at radius 3 is 2.00 bits per heavy atom. The molecule has 1 nitrogen and oxygen atoms in total. The molecule has 0 aliphatic carbocycles. The summed E-state index contributed by atoms with van der Waals surface area (Å²) in [6.45, 7) is 8.20. The Balaban J connectivity index is 3.39. The van der Waals surface area contributed by atoms with E-state index in [0.717, 1.165) is 22.0 Å². The van der Waals surface area contributed by atoms with Gasteiger partial charge in [-0.15, -0.1) is 23.5 Å². The van der Waals surface area contributed by atoms with Crippen LogP contribution in [0.15, 0.2) is 9.79 Å². The lowest BCUT2D eigenvalue weighted by molar-refractivity contribution is 0.467. The van der Waals surface area contributed by atoms with E-state index in [1.54, 1.807) is 23.5 Å². The average molecular weight is 277 g/mol. The van der Waals surface area contributed by atoms with Gasteiger partial charge in [-0.2, -0.15) is 0 Å². The number of phenols is 1. The van der Waals surface area contributed by atoms with Gasteiger partial charge in [0.25, 0.3) is 0 Å². The second-order valence-electron chi connectivity index (χ2n) is 3.44. The minimum Gasteiger partial charge on any atom is -0.506 e. The minimum absolute atomic E-state index is 0.235. The Labute approximate surface area is 111 Å². The summed E-state index contributed by atoms with van der Waals surface area (Å²) in [4.78, 5) is 2.18. The zero-order valence-corrected chi connectivity index (χ0v) is 12.4. The number of benzene rings is 1. The number of thioether (sulfide) groups is 2. The highest BCUT2D eigenvalue weighted by Gasteiger charge is 2.17. The quantitative estimate of drug-likeness (QED) is 0.791. The zero-order valence-electron chi connectivity index (χ0n) is 10.1. The number of rotatable bonds is 4. The van der Waals surface area contributed by atoms with E-state index in [-0.39, 0.29) is 5.75 Å². The van der Waals surface area contributed by atoms with Gasteiger partial charge in [-0.3, -0.25) is 0 Å². The van der Waals surface area contributed by atoms with Crippen molar-refractivity contribution in [3.8, 4) is 5.75 Å². The summed E-state index contributed by atoms with van der Waals surface area (Å²) in [6, 6.07) is 0. The summed E-state index contributed by atoms with van der Waals surface area (Å²) in [7, 11) is 0. The first-order chi connectivity index (χ1) is 7.54.